The molecule has 3 rings (SSSR count). The van der Waals surface area contributed by atoms with Crippen LogP contribution in [-0.4, -0.2) is 12.5 Å². The number of hydrogen-bond donors (Lipinski definition) is 0. The van der Waals surface area contributed by atoms with Gasteiger partial charge in [-0.05, 0) is 41.7 Å². The molecule has 3 aromatic rings. The average Bonchev–Trinajstić information content (AvgIpc) is 2.82. The number of fused-ring (bicyclic) bond motifs is 3. The minimum atomic E-state index is -1.78. The third-order valence-electron chi connectivity index (χ3n) is 5.99. The van der Waals surface area contributed by atoms with E-state index in [9.17, 15) is 0 Å². The van der Waals surface area contributed by atoms with Gasteiger partial charge < -0.3 is 4.23 Å². The van der Waals surface area contributed by atoms with E-state index >= 15 is 0 Å². The van der Waals surface area contributed by atoms with Crippen LogP contribution in [0.3, 0.4) is 0 Å². The van der Waals surface area contributed by atoms with Crippen molar-refractivity contribution in [1.29, 1.82) is 0 Å². The first-order chi connectivity index (χ1) is 11.3. The van der Waals surface area contributed by atoms with Crippen LogP contribution < -0.4 is 0 Å². The van der Waals surface area contributed by atoms with E-state index in [-0.39, 0.29) is 0 Å². The predicted molar refractivity (Wildman–Crippen MR) is 111 cm³/mol. The summed E-state index contributed by atoms with van der Waals surface area (Å²) in [6.45, 7) is 16.9. The summed E-state index contributed by atoms with van der Waals surface area (Å²) in [5.41, 5.74) is 6.29. The van der Waals surface area contributed by atoms with Gasteiger partial charge in [0.1, 0.15) is 0 Å². The maximum absolute atomic E-state index is 2.80. The van der Waals surface area contributed by atoms with Crippen LogP contribution in [0, 0.1) is 6.92 Å². The number of aromatic nitrogens is 1. The van der Waals surface area contributed by atoms with Crippen molar-refractivity contribution in [3.63, 3.8) is 0 Å². The fraction of sp³-hybridized carbons (Fsp3) is 0.455. The van der Waals surface area contributed by atoms with Gasteiger partial charge in [-0.1, -0.05) is 71.4 Å². The Balaban J connectivity index is 2.55. The maximum atomic E-state index is 2.80. The topological polar surface area (TPSA) is 4.93 Å². The quantitative estimate of drug-likeness (QED) is 0.446. The van der Waals surface area contributed by atoms with Crippen LogP contribution in [0.2, 0.25) is 16.6 Å². The molecule has 0 saturated carbocycles. The van der Waals surface area contributed by atoms with Crippen molar-refractivity contribution in [2.45, 2.75) is 65.1 Å². The van der Waals surface area contributed by atoms with E-state index in [2.05, 4.69) is 95.2 Å². The summed E-state index contributed by atoms with van der Waals surface area (Å²) in [6, 6.07) is 16.0. The highest BCUT2D eigenvalue weighted by molar-refractivity contribution is 6.83. The Hall–Kier alpha value is -1.54. The van der Waals surface area contributed by atoms with E-state index in [1.165, 1.54) is 27.4 Å². The zero-order valence-corrected chi connectivity index (χ0v) is 17.2. The first kappa shape index (κ1) is 17.3. The molecule has 0 aliphatic carbocycles. The third kappa shape index (κ3) is 2.27. The third-order valence-corrected chi connectivity index (χ3v) is 12.8. The highest BCUT2D eigenvalue weighted by Crippen LogP contribution is 2.46. The minimum absolute atomic E-state index is 0.692. The van der Waals surface area contributed by atoms with Crippen molar-refractivity contribution < 1.29 is 0 Å². The summed E-state index contributed by atoms with van der Waals surface area (Å²) in [7, 11) is -1.78. The molecule has 0 N–H and O–H groups in total. The highest BCUT2D eigenvalue weighted by atomic mass is 28.3. The van der Waals surface area contributed by atoms with Crippen molar-refractivity contribution in [2.24, 2.45) is 0 Å². The largest absolute Gasteiger partial charge is 0.367 e. The van der Waals surface area contributed by atoms with Crippen molar-refractivity contribution >= 4 is 30.0 Å². The SMILES string of the molecule is Cc1ccc2c(c1)c1ccccc1n2[Si](C(C)C)(C(C)C)C(C)C. The molecule has 0 radical (unpaired) electrons. The van der Waals surface area contributed by atoms with Crippen LogP contribution in [0.5, 0.6) is 0 Å². The molecule has 0 aliphatic heterocycles. The lowest BCUT2D eigenvalue weighted by Crippen LogP contribution is -2.51. The van der Waals surface area contributed by atoms with E-state index in [1.54, 1.807) is 0 Å². The fourth-order valence-corrected chi connectivity index (χ4v) is 12.1. The lowest BCUT2D eigenvalue weighted by molar-refractivity contribution is 0.779. The zero-order chi connectivity index (χ0) is 17.6. The Labute approximate surface area is 147 Å². The molecule has 2 heteroatoms. The number of nitrogens with zero attached hydrogens (tertiary/aromatic N) is 1. The Morgan fingerprint density at radius 1 is 0.708 bits per heavy atom. The molecule has 0 spiro atoms. The molecule has 0 fully saturated rings. The molecule has 0 amide bonds. The molecule has 128 valence electrons. The van der Waals surface area contributed by atoms with Gasteiger partial charge in [-0.3, -0.25) is 0 Å². The van der Waals surface area contributed by atoms with E-state index in [0.717, 1.165) is 0 Å². The Morgan fingerprint density at radius 2 is 1.25 bits per heavy atom. The molecule has 2 aromatic carbocycles. The monoisotopic (exact) mass is 337 g/mol. The summed E-state index contributed by atoms with van der Waals surface area (Å²) < 4.78 is 2.80. The van der Waals surface area contributed by atoms with Gasteiger partial charge in [-0.25, -0.2) is 0 Å². The molecular weight excluding hydrogens is 306 g/mol. The predicted octanol–water partition coefficient (Wildman–Crippen LogP) is 7.13. The first-order valence-corrected chi connectivity index (χ1v) is 11.5. The molecule has 0 aliphatic rings. The van der Waals surface area contributed by atoms with E-state index in [1.807, 2.05) is 0 Å². The molecule has 1 aromatic heterocycles. The molecule has 0 saturated heterocycles. The van der Waals surface area contributed by atoms with Gasteiger partial charge in [0, 0.05) is 21.8 Å². The first-order valence-electron chi connectivity index (χ1n) is 9.32. The van der Waals surface area contributed by atoms with Crippen molar-refractivity contribution in [2.75, 3.05) is 0 Å². The Bertz CT molecular complexity index is 848. The van der Waals surface area contributed by atoms with E-state index in [0.29, 0.717) is 16.6 Å². The minimum Gasteiger partial charge on any atom is -0.367 e. The van der Waals surface area contributed by atoms with Gasteiger partial charge in [-0.15, -0.1) is 0 Å². The molecule has 1 nitrogen and oxygen atoms in total. The van der Waals surface area contributed by atoms with Crippen molar-refractivity contribution in [3.05, 3.63) is 48.0 Å². The Kier molecular flexibility index (Phi) is 4.37. The van der Waals surface area contributed by atoms with Crippen molar-refractivity contribution in [3.8, 4) is 0 Å². The van der Waals surface area contributed by atoms with E-state index in [4.69, 9.17) is 0 Å². The number of aryl methyl sites for hydroxylation is 1. The van der Waals surface area contributed by atoms with E-state index < -0.39 is 8.24 Å². The maximum Gasteiger partial charge on any atom is 0.170 e. The second kappa shape index (κ2) is 6.07. The van der Waals surface area contributed by atoms with Gasteiger partial charge >= 0.3 is 0 Å². The molecular formula is C22H31NSi. The summed E-state index contributed by atoms with van der Waals surface area (Å²) in [6.07, 6.45) is 0. The summed E-state index contributed by atoms with van der Waals surface area (Å²) in [5.74, 6) is 0. The van der Waals surface area contributed by atoms with Gasteiger partial charge in [0.25, 0.3) is 0 Å². The van der Waals surface area contributed by atoms with Crippen LogP contribution in [0.15, 0.2) is 42.5 Å². The van der Waals surface area contributed by atoms with Crippen LogP contribution in [-0.2, 0) is 0 Å². The van der Waals surface area contributed by atoms with Gasteiger partial charge in [0.2, 0.25) is 0 Å². The second-order valence-electron chi connectivity index (χ2n) is 8.22. The summed E-state index contributed by atoms with van der Waals surface area (Å²) >= 11 is 0. The standard InChI is InChI=1S/C22H31NSi/c1-15(2)24(16(3)4,17(5)6)23-21-11-9-8-10-19(21)20-14-18(7)12-13-22(20)23/h8-17H,1-7H3. The van der Waals surface area contributed by atoms with Gasteiger partial charge in [0.05, 0.1) is 0 Å². The zero-order valence-electron chi connectivity index (χ0n) is 16.2. The van der Waals surface area contributed by atoms with Crippen LogP contribution in [0.25, 0.3) is 21.8 Å². The summed E-state index contributed by atoms with van der Waals surface area (Å²) in [4.78, 5) is 0. The molecule has 24 heavy (non-hydrogen) atoms. The molecule has 1 heterocycles. The van der Waals surface area contributed by atoms with Crippen LogP contribution in [0.1, 0.15) is 47.1 Å². The number of hydrogen-bond acceptors (Lipinski definition) is 0. The lowest BCUT2D eigenvalue weighted by Gasteiger charge is -2.45. The molecule has 0 unspecified atom stereocenters. The van der Waals surface area contributed by atoms with Gasteiger partial charge in [0.15, 0.2) is 8.24 Å². The highest BCUT2D eigenvalue weighted by Gasteiger charge is 2.46. The Morgan fingerprint density at radius 3 is 1.83 bits per heavy atom. The summed E-state index contributed by atoms with van der Waals surface area (Å²) in [5, 5.41) is 2.83. The number of para-hydroxylation sites is 1. The smallest absolute Gasteiger partial charge is 0.170 e. The number of rotatable bonds is 4. The van der Waals surface area contributed by atoms with Crippen LogP contribution in [0.4, 0.5) is 0 Å². The number of benzene rings is 2. The molecule has 0 atom stereocenters. The van der Waals surface area contributed by atoms with Crippen molar-refractivity contribution in [1.82, 2.24) is 4.23 Å². The second-order valence-corrected chi connectivity index (χ2v) is 13.9. The average molecular weight is 338 g/mol. The van der Waals surface area contributed by atoms with Gasteiger partial charge in [-0.2, -0.15) is 0 Å². The fourth-order valence-electron chi connectivity index (χ4n) is 5.28. The lowest BCUT2D eigenvalue weighted by atomic mass is 10.1. The van der Waals surface area contributed by atoms with Crippen LogP contribution >= 0.6 is 0 Å². The molecule has 0 bridgehead atoms. The normalized spacial score (nSPS) is 13.1.